The van der Waals surface area contributed by atoms with Crippen molar-refractivity contribution in [2.24, 2.45) is 0 Å². The quantitative estimate of drug-likeness (QED) is 0.229. The number of hydrogen-bond donors (Lipinski definition) is 2. The van der Waals surface area contributed by atoms with Crippen LogP contribution in [-0.4, -0.2) is 29.2 Å². The van der Waals surface area contributed by atoms with Gasteiger partial charge in [-0.3, -0.25) is 14.9 Å². The van der Waals surface area contributed by atoms with Crippen LogP contribution >= 0.6 is 11.8 Å². The topological polar surface area (TPSA) is 134 Å². The van der Waals surface area contributed by atoms with E-state index in [1.807, 2.05) is 30.3 Å². The van der Waals surface area contributed by atoms with Crippen molar-refractivity contribution in [1.29, 1.82) is 5.26 Å². The van der Waals surface area contributed by atoms with Crippen LogP contribution in [0.5, 0.6) is 0 Å². The Bertz CT molecular complexity index is 1250. The number of benzene rings is 2. The molecule has 2 aromatic carbocycles. The molecule has 0 aliphatic carbocycles. The molecule has 0 unspecified atom stereocenters. The summed E-state index contributed by atoms with van der Waals surface area (Å²) in [4.78, 5) is 35.6. The molecule has 35 heavy (non-hydrogen) atoms. The first kappa shape index (κ1) is 25.3. The third-order valence-electron chi connectivity index (χ3n) is 5.04. The van der Waals surface area contributed by atoms with Crippen molar-refractivity contribution in [2.75, 3.05) is 17.7 Å². The number of anilines is 1. The maximum absolute atomic E-state index is 12.8. The van der Waals surface area contributed by atoms with E-state index in [-0.39, 0.29) is 24.0 Å². The van der Waals surface area contributed by atoms with Gasteiger partial charge in [-0.25, -0.2) is 4.79 Å². The SMILES string of the molecule is C=CCOC(=O)C1=C(C)NC(SCC(=O)Nc2ccc([N+](=O)[O-])cc2)=C(C#N)[C@@H]1c1ccccc1. The lowest BCUT2D eigenvalue weighted by Gasteiger charge is -2.29. The number of carbonyl (C=O) groups excluding carboxylic acids is 2. The molecule has 1 atom stereocenters. The van der Waals surface area contributed by atoms with Gasteiger partial charge >= 0.3 is 5.97 Å². The Hall–Kier alpha value is -4.36. The van der Waals surface area contributed by atoms with Crippen LogP contribution in [-0.2, 0) is 14.3 Å². The lowest BCUT2D eigenvalue weighted by molar-refractivity contribution is -0.384. The molecule has 0 aromatic heterocycles. The molecule has 2 aromatic rings. The molecule has 0 spiro atoms. The molecule has 1 amide bonds. The number of dihydropyridines is 1. The zero-order valence-corrected chi connectivity index (χ0v) is 19.6. The van der Waals surface area contributed by atoms with Gasteiger partial charge < -0.3 is 15.4 Å². The van der Waals surface area contributed by atoms with Gasteiger partial charge in [-0.15, -0.1) is 0 Å². The third kappa shape index (κ3) is 6.16. The number of nitriles is 1. The maximum atomic E-state index is 12.8. The number of amides is 1. The van der Waals surface area contributed by atoms with Gasteiger partial charge in [-0.1, -0.05) is 54.7 Å². The fourth-order valence-electron chi connectivity index (χ4n) is 3.49. The van der Waals surface area contributed by atoms with Crippen molar-refractivity contribution >= 4 is 35.0 Å². The van der Waals surface area contributed by atoms with Crippen molar-refractivity contribution in [2.45, 2.75) is 12.8 Å². The molecule has 3 rings (SSSR count). The second-order valence-corrected chi connectivity index (χ2v) is 8.38. The number of carbonyl (C=O) groups is 2. The van der Waals surface area contributed by atoms with Gasteiger partial charge in [0.2, 0.25) is 5.91 Å². The summed E-state index contributed by atoms with van der Waals surface area (Å²) in [5, 5.41) is 27.0. The number of nitro groups is 1. The van der Waals surface area contributed by atoms with Crippen LogP contribution in [0.3, 0.4) is 0 Å². The first-order chi connectivity index (χ1) is 16.8. The summed E-state index contributed by atoms with van der Waals surface area (Å²) in [6, 6.07) is 16.8. The molecule has 0 saturated carbocycles. The number of esters is 1. The highest BCUT2D eigenvalue weighted by Gasteiger charge is 2.35. The minimum Gasteiger partial charge on any atom is -0.458 e. The highest BCUT2D eigenvalue weighted by Crippen LogP contribution is 2.40. The number of hydrogen-bond acceptors (Lipinski definition) is 8. The van der Waals surface area contributed by atoms with E-state index in [9.17, 15) is 25.0 Å². The van der Waals surface area contributed by atoms with Gasteiger partial charge in [0.25, 0.3) is 5.69 Å². The number of allylic oxidation sites excluding steroid dienone is 2. The number of ether oxygens (including phenoxy) is 1. The van der Waals surface area contributed by atoms with Gasteiger partial charge in [0.05, 0.1) is 38.8 Å². The lowest BCUT2D eigenvalue weighted by atomic mass is 9.82. The number of nitro benzene ring substituents is 1. The lowest BCUT2D eigenvalue weighted by Crippen LogP contribution is -2.29. The van der Waals surface area contributed by atoms with Gasteiger partial charge in [0.1, 0.15) is 6.61 Å². The summed E-state index contributed by atoms with van der Waals surface area (Å²) in [5.41, 5.74) is 2.20. The Balaban J connectivity index is 1.83. The number of non-ortho nitro benzene ring substituents is 1. The third-order valence-corrected chi connectivity index (χ3v) is 6.06. The minimum absolute atomic E-state index is 0.0322. The highest BCUT2D eigenvalue weighted by molar-refractivity contribution is 8.03. The fraction of sp³-hybridized carbons (Fsp3) is 0.160. The fourth-order valence-corrected chi connectivity index (χ4v) is 4.38. The Morgan fingerprint density at radius 1 is 1.26 bits per heavy atom. The molecule has 9 nitrogen and oxygen atoms in total. The van der Waals surface area contributed by atoms with E-state index >= 15 is 0 Å². The molecule has 0 fully saturated rings. The van der Waals surface area contributed by atoms with E-state index < -0.39 is 16.8 Å². The summed E-state index contributed by atoms with van der Waals surface area (Å²) < 4.78 is 5.27. The zero-order valence-electron chi connectivity index (χ0n) is 18.8. The van der Waals surface area contributed by atoms with E-state index in [2.05, 4.69) is 23.3 Å². The van der Waals surface area contributed by atoms with E-state index in [4.69, 9.17) is 4.74 Å². The molecule has 0 radical (unpaired) electrons. The van der Waals surface area contributed by atoms with E-state index in [1.54, 1.807) is 6.92 Å². The predicted octanol–water partition coefficient (Wildman–Crippen LogP) is 4.39. The maximum Gasteiger partial charge on any atom is 0.337 e. The van der Waals surface area contributed by atoms with Crippen molar-refractivity contribution in [3.8, 4) is 6.07 Å². The van der Waals surface area contributed by atoms with Gasteiger partial charge in [0, 0.05) is 23.5 Å². The Kier molecular flexibility index (Phi) is 8.43. The van der Waals surface area contributed by atoms with Crippen LogP contribution in [0.4, 0.5) is 11.4 Å². The Morgan fingerprint density at radius 2 is 1.94 bits per heavy atom. The molecule has 178 valence electrons. The second-order valence-electron chi connectivity index (χ2n) is 7.39. The number of nitrogens with one attached hydrogen (secondary N) is 2. The van der Waals surface area contributed by atoms with Crippen molar-refractivity contribution in [3.05, 3.63) is 105 Å². The first-order valence-corrected chi connectivity index (χ1v) is 11.5. The monoisotopic (exact) mass is 490 g/mol. The predicted molar refractivity (Wildman–Crippen MR) is 133 cm³/mol. The van der Waals surface area contributed by atoms with Crippen LogP contribution < -0.4 is 10.6 Å². The summed E-state index contributed by atoms with van der Waals surface area (Å²) in [5.74, 6) is -1.61. The molecule has 1 heterocycles. The molecule has 2 N–H and O–H groups in total. The first-order valence-electron chi connectivity index (χ1n) is 10.5. The van der Waals surface area contributed by atoms with Crippen LogP contribution in [0.1, 0.15) is 18.4 Å². The number of rotatable bonds is 9. The van der Waals surface area contributed by atoms with E-state index in [0.717, 1.165) is 17.3 Å². The highest BCUT2D eigenvalue weighted by atomic mass is 32.2. The summed E-state index contributed by atoms with van der Waals surface area (Å²) in [6.07, 6.45) is 1.47. The van der Waals surface area contributed by atoms with Gasteiger partial charge in [0.15, 0.2) is 0 Å². The normalized spacial score (nSPS) is 15.0. The van der Waals surface area contributed by atoms with Crippen LogP contribution in [0.2, 0.25) is 0 Å². The molecule has 1 aliphatic rings. The molecule has 0 saturated heterocycles. The van der Waals surface area contributed by atoms with E-state index in [0.29, 0.717) is 27.6 Å². The largest absolute Gasteiger partial charge is 0.458 e. The van der Waals surface area contributed by atoms with Crippen molar-refractivity contribution in [1.82, 2.24) is 5.32 Å². The minimum atomic E-state index is -0.667. The van der Waals surface area contributed by atoms with Crippen molar-refractivity contribution < 1.29 is 19.2 Å². The second kappa shape index (κ2) is 11.7. The van der Waals surface area contributed by atoms with Crippen molar-refractivity contribution in [3.63, 3.8) is 0 Å². The Morgan fingerprint density at radius 3 is 2.54 bits per heavy atom. The van der Waals surface area contributed by atoms with Crippen LogP contribution in [0.15, 0.2) is 89.1 Å². The van der Waals surface area contributed by atoms with Crippen LogP contribution in [0, 0.1) is 21.4 Å². The van der Waals surface area contributed by atoms with Gasteiger partial charge in [-0.2, -0.15) is 5.26 Å². The molecule has 10 heteroatoms. The molecule has 1 aliphatic heterocycles. The smallest absolute Gasteiger partial charge is 0.337 e. The molecule has 0 bridgehead atoms. The average Bonchev–Trinajstić information content (AvgIpc) is 2.86. The number of nitrogens with zero attached hydrogens (tertiary/aromatic N) is 2. The molecular formula is C25H22N4O5S. The van der Waals surface area contributed by atoms with Gasteiger partial charge in [-0.05, 0) is 24.6 Å². The van der Waals surface area contributed by atoms with E-state index in [1.165, 1.54) is 30.3 Å². The zero-order chi connectivity index (χ0) is 25.4. The van der Waals surface area contributed by atoms with Crippen LogP contribution in [0.25, 0.3) is 0 Å². The molecular weight excluding hydrogens is 468 g/mol. The number of thioether (sulfide) groups is 1. The standard InChI is InChI=1S/C25H22N4O5S/c1-3-13-34-25(31)22-16(2)27-24(20(14-26)23(22)17-7-5-4-6-8-17)35-15-21(30)28-18-9-11-19(12-10-18)29(32)33/h3-12,23,27H,1,13,15H2,2H3,(H,28,30)/t23-/m0/s1. The summed E-state index contributed by atoms with van der Waals surface area (Å²) in [6.45, 7) is 5.31. The Labute approximate surface area is 206 Å². The average molecular weight is 491 g/mol. The summed E-state index contributed by atoms with van der Waals surface area (Å²) >= 11 is 1.12. The summed E-state index contributed by atoms with van der Waals surface area (Å²) in [7, 11) is 0.